The molecule has 1 heterocycles. The lowest BCUT2D eigenvalue weighted by molar-refractivity contribution is 0.0543. The average molecular weight is 367 g/mol. The molecule has 7 heteroatoms. The Hall–Kier alpha value is -1.83. The molecule has 1 aliphatic rings. The van der Waals surface area contributed by atoms with E-state index in [4.69, 9.17) is 18.9 Å². The maximum atomic E-state index is 11.8. The zero-order valence-corrected chi connectivity index (χ0v) is 15.6. The van der Waals surface area contributed by atoms with Gasteiger partial charge in [-0.15, -0.1) is 0 Å². The highest BCUT2D eigenvalue weighted by Crippen LogP contribution is 2.33. The molecule has 1 aliphatic heterocycles. The number of hydrogen-bond acceptors (Lipinski definition) is 7. The van der Waals surface area contributed by atoms with Crippen LogP contribution in [0, 0.1) is 5.92 Å². The van der Waals surface area contributed by atoms with Crippen LogP contribution in [0.2, 0.25) is 0 Å². The molecule has 0 amide bonds. The van der Waals surface area contributed by atoms with Gasteiger partial charge in [-0.1, -0.05) is 0 Å². The van der Waals surface area contributed by atoms with E-state index in [-0.39, 0.29) is 6.61 Å². The van der Waals surface area contributed by atoms with Crippen LogP contribution in [-0.2, 0) is 14.2 Å². The van der Waals surface area contributed by atoms with E-state index in [0.29, 0.717) is 43.7 Å². The zero-order valence-electron chi connectivity index (χ0n) is 15.6. The van der Waals surface area contributed by atoms with E-state index in [2.05, 4.69) is 4.90 Å². The fourth-order valence-corrected chi connectivity index (χ4v) is 2.95. The van der Waals surface area contributed by atoms with Gasteiger partial charge in [0.25, 0.3) is 0 Å². The zero-order chi connectivity index (χ0) is 18.8. The van der Waals surface area contributed by atoms with Crippen LogP contribution in [0.15, 0.2) is 18.2 Å². The van der Waals surface area contributed by atoms with Gasteiger partial charge in [-0.2, -0.15) is 0 Å². The lowest BCUT2D eigenvalue weighted by Gasteiger charge is -2.34. The quantitative estimate of drug-likeness (QED) is 0.498. The first-order valence-corrected chi connectivity index (χ1v) is 8.97. The van der Waals surface area contributed by atoms with Gasteiger partial charge in [0.2, 0.25) is 0 Å². The average Bonchev–Trinajstić information content (AvgIpc) is 2.70. The van der Waals surface area contributed by atoms with Gasteiger partial charge in [-0.25, -0.2) is 4.79 Å². The first-order chi connectivity index (χ1) is 12.7. The van der Waals surface area contributed by atoms with Crippen LogP contribution >= 0.6 is 0 Å². The number of carbonyl (C=O) groups excluding carboxylic acids is 1. The molecule has 0 aromatic heterocycles. The number of aliphatic hydroxyl groups excluding tert-OH is 1. The Morgan fingerprint density at radius 3 is 2.54 bits per heavy atom. The molecule has 1 saturated heterocycles. The monoisotopic (exact) mass is 367 g/mol. The van der Waals surface area contributed by atoms with Crippen LogP contribution in [0.3, 0.4) is 0 Å². The molecule has 0 saturated carbocycles. The Bertz CT molecular complexity index is 557. The van der Waals surface area contributed by atoms with Crippen LogP contribution in [-0.4, -0.2) is 71.4 Å². The SMILES string of the molecule is COCCOCCOc1cc(C(=O)OC)ccc1N1CCC(CO)CC1. The molecule has 0 spiro atoms. The Morgan fingerprint density at radius 1 is 1.15 bits per heavy atom. The molecule has 0 radical (unpaired) electrons. The lowest BCUT2D eigenvalue weighted by Crippen LogP contribution is -2.35. The number of hydrogen-bond donors (Lipinski definition) is 1. The van der Waals surface area contributed by atoms with Crippen LogP contribution in [0.5, 0.6) is 5.75 Å². The van der Waals surface area contributed by atoms with Gasteiger partial charge in [-0.05, 0) is 37.0 Å². The predicted molar refractivity (Wildman–Crippen MR) is 98.0 cm³/mol. The van der Waals surface area contributed by atoms with Crippen molar-refractivity contribution >= 4 is 11.7 Å². The van der Waals surface area contributed by atoms with E-state index in [9.17, 15) is 9.90 Å². The topological polar surface area (TPSA) is 77.5 Å². The summed E-state index contributed by atoms with van der Waals surface area (Å²) in [6.07, 6.45) is 1.88. The van der Waals surface area contributed by atoms with E-state index in [0.717, 1.165) is 31.6 Å². The number of aliphatic hydroxyl groups is 1. The summed E-state index contributed by atoms with van der Waals surface area (Å²) >= 11 is 0. The number of rotatable bonds is 10. The molecule has 1 fully saturated rings. The summed E-state index contributed by atoms with van der Waals surface area (Å²) in [6.45, 7) is 3.82. The second-order valence-corrected chi connectivity index (χ2v) is 6.24. The van der Waals surface area contributed by atoms with Crippen molar-refractivity contribution in [3.8, 4) is 5.75 Å². The number of nitrogens with zero attached hydrogens (tertiary/aromatic N) is 1. The highest BCUT2D eigenvalue weighted by Gasteiger charge is 2.22. The molecular formula is C19H29NO6. The molecule has 0 atom stereocenters. The number of ether oxygens (including phenoxy) is 4. The van der Waals surface area contributed by atoms with Gasteiger partial charge in [0.05, 0.1) is 38.2 Å². The lowest BCUT2D eigenvalue weighted by atomic mass is 9.97. The summed E-state index contributed by atoms with van der Waals surface area (Å²) in [5, 5.41) is 9.31. The fraction of sp³-hybridized carbons (Fsp3) is 0.632. The minimum absolute atomic E-state index is 0.233. The number of carbonyl (C=O) groups is 1. The highest BCUT2D eigenvalue weighted by atomic mass is 16.5. The first kappa shape index (κ1) is 20.5. The molecule has 146 valence electrons. The predicted octanol–water partition coefficient (Wildman–Crippen LogP) is 1.72. The number of piperidine rings is 1. The van der Waals surface area contributed by atoms with Gasteiger partial charge >= 0.3 is 5.97 Å². The van der Waals surface area contributed by atoms with Crippen molar-refractivity contribution in [2.75, 3.05) is 65.2 Å². The van der Waals surface area contributed by atoms with Crippen molar-refractivity contribution < 1.29 is 28.8 Å². The van der Waals surface area contributed by atoms with Crippen LogP contribution in [0.1, 0.15) is 23.2 Å². The summed E-state index contributed by atoms with van der Waals surface area (Å²) in [5.41, 5.74) is 1.41. The molecule has 1 N–H and O–H groups in total. The molecule has 2 rings (SSSR count). The van der Waals surface area contributed by atoms with Crippen LogP contribution in [0.25, 0.3) is 0 Å². The minimum atomic E-state index is -0.392. The third-order valence-corrected chi connectivity index (χ3v) is 4.51. The van der Waals surface area contributed by atoms with E-state index < -0.39 is 5.97 Å². The molecule has 0 aliphatic carbocycles. The molecule has 1 aromatic carbocycles. The molecule has 0 unspecified atom stereocenters. The maximum absolute atomic E-state index is 11.8. The van der Waals surface area contributed by atoms with Crippen molar-refractivity contribution in [2.45, 2.75) is 12.8 Å². The third kappa shape index (κ3) is 5.86. The second-order valence-electron chi connectivity index (χ2n) is 6.24. The number of methoxy groups -OCH3 is 2. The summed E-state index contributed by atoms with van der Waals surface area (Å²) in [6, 6.07) is 5.36. The van der Waals surface area contributed by atoms with E-state index in [1.165, 1.54) is 7.11 Å². The van der Waals surface area contributed by atoms with Gasteiger partial charge < -0.3 is 29.0 Å². The smallest absolute Gasteiger partial charge is 0.337 e. The first-order valence-electron chi connectivity index (χ1n) is 8.97. The van der Waals surface area contributed by atoms with Gasteiger partial charge in [0.1, 0.15) is 12.4 Å². The second kappa shape index (κ2) is 11.0. The Morgan fingerprint density at radius 2 is 1.88 bits per heavy atom. The molecule has 1 aromatic rings. The van der Waals surface area contributed by atoms with E-state index >= 15 is 0 Å². The number of esters is 1. The van der Waals surface area contributed by atoms with Crippen LogP contribution < -0.4 is 9.64 Å². The standard InChI is InChI=1S/C19H29NO6/c1-23-9-10-25-11-12-26-18-13-16(19(22)24-2)3-4-17(18)20-7-5-15(14-21)6-8-20/h3-4,13,15,21H,5-12,14H2,1-2H3. The van der Waals surface area contributed by atoms with Crippen molar-refractivity contribution in [1.29, 1.82) is 0 Å². The highest BCUT2D eigenvalue weighted by molar-refractivity contribution is 5.90. The third-order valence-electron chi connectivity index (χ3n) is 4.51. The molecule has 26 heavy (non-hydrogen) atoms. The van der Waals surface area contributed by atoms with Crippen LogP contribution in [0.4, 0.5) is 5.69 Å². The summed E-state index contributed by atoms with van der Waals surface area (Å²) in [4.78, 5) is 14.1. The van der Waals surface area contributed by atoms with Gasteiger partial charge in [0, 0.05) is 26.8 Å². The summed E-state index contributed by atoms with van der Waals surface area (Å²) in [5.74, 6) is 0.613. The van der Waals surface area contributed by atoms with Crippen molar-refractivity contribution in [3.63, 3.8) is 0 Å². The summed E-state index contributed by atoms with van der Waals surface area (Å²) in [7, 11) is 2.99. The Labute approximate surface area is 154 Å². The maximum Gasteiger partial charge on any atom is 0.337 e. The van der Waals surface area contributed by atoms with E-state index in [1.54, 1.807) is 19.2 Å². The normalized spacial score (nSPS) is 15.1. The van der Waals surface area contributed by atoms with Crippen molar-refractivity contribution in [2.24, 2.45) is 5.92 Å². The van der Waals surface area contributed by atoms with Crippen molar-refractivity contribution in [3.05, 3.63) is 23.8 Å². The number of benzene rings is 1. The number of anilines is 1. The molecular weight excluding hydrogens is 338 g/mol. The fourth-order valence-electron chi connectivity index (χ4n) is 2.95. The summed E-state index contributed by atoms with van der Waals surface area (Å²) < 4.78 is 21.1. The largest absolute Gasteiger partial charge is 0.489 e. The van der Waals surface area contributed by atoms with Gasteiger partial charge in [0.15, 0.2) is 0 Å². The Kier molecular flexibility index (Phi) is 8.67. The van der Waals surface area contributed by atoms with Gasteiger partial charge in [-0.3, -0.25) is 0 Å². The minimum Gasteiger partial charge on any atom is -0.489 e. The van der Waals surface area contributed by atoms with E-state index in [1.807, 2.05) is 6.07 Å². The Balaban J connectivity index is 2.04. The van der Waals surface area contributed by atoms with Crippen molar-refractivity contribution in [1.82, 2.24) is 0 Å². The molecule has 7 nitrogen and oxygen atoms in total. The molecule has 0 bridgehead atoms.